The van der Waals surface area contributed by atoms with Gasteiger partial charge in [-0.25, -0.2) is 4.94 Å². The molecule has 0 fully saturated rings. The second-order valence-corrected chi connectivity index (χ2v) is 2.58. The van der Waals surface area contributed by atoms with Gasteiger partial charge in [0.15, 0.2) is 0 Å². The van der Waals surface area contributed by atoms with Gasteiger partial charge in [-0.1, -0.05) is 0 Å². The third-order valence-electron chi connectivity index (χ3n) is 1.40. The number of ether oxygens (including phenoxy) is 2. The molecule has 0 aliphatic carbocycles. The van der Waals surface area contributed by atoms with Crippen LogP contribution in [0.4, 0.5) is 0 Å². The fraction of sp³-hybridized carbons (Fsp3) is 1.00. The van der Waals surface area contributed by atoms with E-state index >= 15 is 0 Å². The minimum atomic E-state index is 0.750. The van der Waals surface area contributed by atoms with Crippen LogP contribution in [0, 0.1) is 0 Å². The Kier molecular flexibility index (Phi) is 11.6. The van der Waals surface area contributed by atoms with Crippen LogP contribution in [0.2, 0.25) is 0 Å². The van der Waals surface area contributed by atoms with Crippen LogP contribution in [0.25, 0.3) is 0 Å². The Labute approximate surface area is 79.6 Å². The van der Waals surface area contributed by atoms with Crippen molar-refractivity contribution >= 4 is 0 Å². The van der Waals surface area contributed by atoms with E-state index < -0.39 is 0 Å². The molecule has 2 N–H and O–H groups in total. The zero-order valence-corrected chi connectivity index (χ0v) is 8.47. The molecule has 0 aromatic carbocycles. The fourth-order valence-electron chi connectivity index (χ4n) is 0.730. The predicted octanol–water partition coefficient (Wildman–Crippen LogP) is 0.0852. The molecular formula is C8H20N2O3. The molecule has 5 nitrogen and oxygen atoms in total. The minimum Gasteiger partial charge on any atom is -0.385 e. The molecule has 0 aliphatic heterocycles. The Morgan fingerprint density at radius 2 is 1.31 bits per heavy atom. The van der Waals surface area contributed by atoms with Gasteiger partial charge in [-0.05, 0) is 12.8 Å². The van der Waals surface area contributed by atoms with Crippen molar-refractivity contribution in [2.24, 2.45) is 0 Å². The quantitative estimate of drug-likeness (QED) is 0.379. The molecule has 0 aromatic rings. The lowest BCUT2D eigenvalue weighted by Crippen LogP contribution is -2.28. The summed E-state index contributed by atoms with van der Waals surface area (Å²) in [4.78, 5) is 4.92. The van der Waals surface area contributed by atoms with Crippen molar-refractivity contribution in [3.63, 3.8) is 0 Å². The van der Waals surface area contributed by atoms with E-state index in [-0.39, 0.29) is 0 Å². The lowest BCUT2D eigenvalue weighted by molar-refractivity contribution is -0.0419. The summed E-state index contributed by atoms with van der Waals surface area (Å²) in [6.45, 7) is 3.07. The highest BCUT2D eigenvalue weighted by molar-refractivity contribution is 4.36. The molecule has 0 aliphatic rings. The summed E-state index contributed by atoms with van der Waals surface area (Å²) < 4.78 is 9.74. The Hall–Kier alpha value is -0.200. The summed E-state index contributed by atoms with van der Waals surface area (Å²) in [6.07, 6.45) is 1.88. The zero-order valence-electron chi connectivity index (χ0n) is 8.47. The van der Waals surface area contributed by atoms with Crippen molar-refractivity contribution in [3.8, 4) is 0 Å². The normalized spacial score (nSPS) is 10.6. The monoisotopic (exact) mass is 192 g/mol. The second kappa shape index (κ2) is 11.8. The van der Waals surface area contributed by atoms with Crippen LogP contribution in [0.5, 0.6) is 0 Å². The highest BCUT2D eigenvalue weighted by Crippen LogP contribution is 1.78. The van der Waals surface area contributed by atoms with Crippen molar-refractivity contribution in [2.75, 3.05) is 40.5 Å². The van der Waals surface area contributed by atoms with E-state index in [4.69, 9.17) is 14.4 Å². The molecule has 0 unspecified atom stereocenters. The molecule has 80 valence electrons. The Morgan fingerprint density at radius 1 is 0.846 bits per heavy atom. The highest BCUT2D eigenvalue weighted by atomic mass is 16.8. The van der Waals surface area contributed by atoms with Crippen molar-refractivity contribution in [1.82, 2.24) is 11.0 Å². The minimum absolute atomic E-state index is 0.750. The van der Waals surface area contributed by atoms with Gasteiger partial charge in [0.05, 0.1) is 0 Å². The van der Waals surface area contributed by atoms with Crippen LogP contribution in [-0.4, -0.2) is 40.5 Å². The number of rotatable bonds is 10. The molecule has 5 heteroatoms. The van der Waals surface area contributed by atoms with Crippen LogP contribution < -0.4 is 11.0 Å². The standard InChI is InChI=1S/C8H20N2O3/c1-11-7-3-5-9-13-10-6-4-8-12-2/h9-10H,3-8H2,1-2H3. The zero-order chi connectivity index (χ0) is 9.78. The number of hydroxylamine groups is 2. The fourth-order valence-corrected chi connectivity index (χ4v) is 0.730. The maximum absolute atomic E-state index is 4.92. The number of hydrogen-bond acceptors (Lipinski definition) is 5. The van der Waals surface area contributed by atoms with Gasteiger partial charge in [-0.2, -0.15) is 11.0 Å². The molecule has 0 heterocycles. The first kappa shape index (κ1) is 12.8. The lowest BCUT2D eigenvalue weighted by atomic mass is 10.5. The van der Waals surface area contributed by atoms with Gasteiger partial charge >= 0.3 is 0 Å². The average molecular weight is 192 g/mol. The maximum Gasteiger partial charge on any atom is 0.0475 e. The smallest absolute Gasteiger partial charge is 0.0475 e. The molecule has 0 radical (unpaired) electrons. The predicted molar refractivity (Wildman–Crippen MR) is 50.1 cm³/mol. The van der Waals surface area contributed by atoms with Crippen LogP contribution in [-0.2, 0) is 14.4 Å². The molecule has 13 heavy (non-hydrogen) atoms. The third kappa shape index (κ3) is 11.8. The Balaban J connectivity index is 2.76. The van der Waals surface area contributed by atoms with E-state index in [0.717, 1.165) is 39.1 Å². The Bertz CT molecular complexity index is 83.5. The van der Waals surface area contributed by atoms with Gasteiger partial charge in [-0.3, -0.25) is 0 Å². The molecule has 0 bridgehead atoms. The van der Waals surface area contributed by atoms with Crippen LogP contribution >= 0.6 is 0 Å². The molecule has 0 spiro atoms. The summed E-state index contributed by atoms with van der Waals surface area (Å²) in [5, 5.41) is 0. The Morgan fingerprint density at radius 3 is 1.69 bits per heavy atom. The third-order valence-corrected chi connectivity index (χ3v) is 1.40. The first-order chi connectivity index (χ1) is 6.41. The van der Waals surface area contributed by atoms with Crippen LogP contribution in [0.15, 0.2) is 0 Å². The van der Waals surface area contributed by atoms with E-state index in [1.807, 2.05) is 0 Å². The van der Waals surface area contributed by atoms with Crippen LogP contribution in [0.1, 0.15) is 12.8 Å². The summed E-state index contributed by atoms with van der Waals surface area (Å²) in [5.74, 6) is 0. The van der Waals surface area contributed by atoms with E-state index in [1.165, 1.54) is 0 Å². The number of methoxy groups -OCH3 is 2. The first-order valence-electron chi connectivity index (χ1n) is 4.51. The number of hydrogen-bond donors (Lipinski definition) is 2. The van der Waals surface area contributed by atoms with Crippen molar-refractivity contribution in [1.29, 1.82) is 0 Å². The van der Waals surface area contributed by atoms with Crippen molar-refractivity contribution in [3.05, 3.63) is 0 Å². The molecule has 0 amide bonds. The summed E-state index contributed by atoms with van der Waals surface area (Å²) in [6, 6.07) is 0. The molecule has 0 atom stereocenters. The van der Waals surface area contributed by atoms with Crippen molar-refractivity contribution < 1.29 is 14.4 Å². The van der Waals surface area contributed by atoms with Gasteiger partial charge in [0.1, 0.15) is 0 Å². The van der Waals surface area contributed by atoms with Crippen LogP contribution in [0.3, 0.4) is 0 Å². The summed E-state index contributed by atoms with van der Waals surface area (Å²) in [5.41, 5.74) is 5.53. The molecule has 0 saturated carbocycles. The highest BCUT2D eigenvalue weighted by Gasteiger charge is 1.88. The van der Waals surface area contributed by atoms with Gasteiger partial charge in [0, 0.05) is 40.5 Å². The van der Waals surface area contributed by atoms with Gasteiger partial charge in [0.25, 0.3) is 0 Å². The van der Waals surface area contributed by atoms with E-state index in [9.17, 15) is 0 Å². The van der Waals surface area contributed by atoms with E-state index in [2.05, 4.69) is 11.0 Å². The van der Waals surface area contributed by atoms with Gasteiger partial charge < -0.3 is 9.47 Å². The number of nitrogens with one attached hydrogen (secondary N) is 2. The van der Waals surface area contributed by atoms with Gasteiger partial charge in [0.2, 0.25) is 0 Å². The SMILES string of the molecule is COCCCNONCCCOC. The molecule has 0 aromatic heterocycles. The summed E-state index contributed by atoms with van der Waals surface area (Å²) >= 11 is 0. The lowest BCUT2D eigenvalue weighted by Gasteiger charge is -2.05. The van der Waals surface area contributed by atoms with Crippen molar-refractivity contribution in [2.45, 2.75) is 12.8 Å². The molecule has 0 saturated heterocycles. The second-order valence-electron chi connectivity index (χ2n) is 2.58. The van der Waals surface area contributed by atoms with Gasteiger partial charge in [-0.15, -0.1) is 0 Å². The average Bonchev–Trinajstić information content (AvgIpc) is 2.16. The molecule has 0 rings (SSSR count). The molecular weight excluding hydrogens is 172 g/mol. The summed E-state index contributed by atoms with van der Waals surface area (Å²) in [7, 11) is 3.37. The largest absolute Gasteiger partial charge is 0.385 e. The van der Waals surface area contributed by atoms with E-state index in [1.54, 1.807) is 14.2 Å². The topological polar surface area (TPSA) is 51.8 Å². The first-order valence-corrected chi connectivity index (χ1v) is 4.51. The maximum atomic E-state index is 4.92. The van der Waals surface area contributed by atoms with E-state index in [0.29, 0.717) is 0 Å².